The van der Waals surface area contributed by atoms with E-state index >= 15 is 0 Å². The maximum Gasteiger partial charge on any atom is 0.237 e. The summed E-state index contributed by atoms with van der Waals surface area (Å²) in [5.41, 5.74) is 5.23. The van der Waals surface area contributed by atoms with Crippen LogP contribution in [0.1, 0.15) is 59.8 Å². The number of primary amides is 1. The van der Waals surface area contributed by atoms with Gasteiger partial charge in [0.15, 0.2) is 0 Å². The highest BCUT2D eigenvalue weighted by Gasteiger charge is 2.41. The molecular formula is C15H30N2OS. The lowest BCUT2D eigenvalue weighted by atomic mass is 9.80. The molecule has 4 heteroatoms. The first-order chi connectivity index (χ1) is 8.91. The van der Waals surface area contributed by atoms with Crippen molar-refractivity contribution in [2.24, 2.45) is 11.7 Å². The van der Waals surface area contributed by atoms with Gasteiger partial charge in [-0.3, -0.25) is 4.79 Å². The van der Waals surface area contributed by atoms with Crippen molar-refractivity contribution < 1.29 is 4.79 Å². The second kappa shape index (κ2) is 7.53. The van der Waals surface area contributed by atoms with Crippen molar-refractivity contribution in [3.05, 3.63) is 0 Å². The van der Waals surface area contributed by atoms with Gasteiger partial charge in [0.05, 0.1) is 5.54 Å². The molecule has 0 aromatic heterocycles. The molecule has 19 heavy (non-hydrogen) atoms. The van der Waals surface area contributed by atoms with Crippen molar-refractivity contribution in [3.63, 3.8) is 0 Å². The molecule has 1 rings (SSSR count). The second-order valence-corrected chi connectivity index (χ2v) is 7.86. The summed E-state index contributed by atoms with van der Waals surface area (Å²) >= 11 is 2.03. The molecule has 3 nitrogen and oxygen atoms in total. The van der Waals surface area contributed by atoms with Crippen molar-refractivity contribution in [2.45, 2.75) is 75.8 Å². The molecule has 1 amide bonds. The Hall–Kier alpha value is -0.220. The van der Waals surface area contributed by atoms with Gasteiger partial charge in [0.1, 0.15) is 0 Å². The molecule has 1 saturated carbocycles. The molecule has 3 unspecified atom stereocenters. The standard InChI is InChI=1S/C15H30N2OS/c1-5-9-17-15(14(16)18)8-6-7-13(10-15)19-12(4)11(2)3/h11-13,17H,5-10H2,1-4H3,(H2,16,18). The van der Waals surface area contributed by atoms with E-state index in [9.17, 15) is 4.79 Å². The minimum atomic E-state index is -0.456. The van der Waals surface area contributed by atoms with Crippen LogP contribution in [0.25, 0.3) is 0 Å². The van der Waals surface area contributed by atoms with E-state index in [1.165, 1.54) is 6.42 Å². The zero-order valence-electron chi connectivity index (χ0n) is 12.9. The lowest BCUT2D eigenvalue weighted by Gasteiger charge is -2.40. The summed E-state index contributed by atoms with van der Waals surface area (Å²) in [6, 6.07) is 0. The van der Waals surface area contributed by atoms with Crippen LogP contribution < -0.4 is 11.1 Å². The van der Waals surface area contributed by atoms with Crippen molar-refractivity contribution in [1.29, 1.82) is 0 Å². The first-order valence-electron chi connectivity index (χ1n) is 7.61. The summed E-state index contributed by atoms with van der Waals surface area (Å²) in [4.78, 5) is 11.9. The molecule has 1 fully saturated rings. The first kappa shape index (κ1) is 16.8. The molecule has 3 atom stereocenters. The molecule has 0 bridgehead atoms. The average Bonchev–Trinajstić information content (AvgIpc) is 2.36. The number of carbonyl (C=O) groups is 1. The summed E-state index contributed by atoms with van der Waals surface area (Å²) in [6.07, 6.45) is 5.14. The van der Waals surface area contributed by atoms with Crippen LogP contribution >= 0.6 is 11.8 Å². The highest BCUT2D eigenvalue weighted by molar-refractivity contribution is 8.00. The van der Waals surface area contributed by atoms with Crippen LogP contribution in [-0.4, -0.2) is 28.5 Å². The lowest BCUT2D eigenvalue weighted by Crippen LogP contribution is -2.58. The van der Waals surface area contributed by atoms with Crippen LogP contribution in [0, 0.1) is 5.92 Å². The molecule has 0 saturated heterocycles. The summed E-state index contributed by atoms with van der Waals surface area (Å²) < 4.78 is 0. The molecule has 0 heterocycles. The molecule has 0 aromatic rings. The SMILES string of the molecule is CCCNC1(C(N)=O)CCCC(SC(C)C(C)C)C1. The predicted octanol–water partition coefficient (Wildman–Crippen LogP) is 2.93. The molecule has 112 valence electrons. The van der Waals surface area contributed by atoms with Crippen LogP contribution in [0.3, 0.4) is 0 Å². The van der Waals surface area contributed by atoms with Gasteiger partial charge < -0.3 is 11.1 Å². The van der Waals surface area contributed by atoms with Gasteiger partial charge in [-0.2, -0.15) is 11.8 Å². The number of nitrogens with one attached hydrogen (secondary N) is 1. The van der Waals surface area contributed by atoms with Crippen LogP contribution in [-0.2, 0) is 4.79 Å². The molecule has 0 spiro atoms. The van der Waals surface area contributed by atoms with E-state index in [1.807, 2.05) is 11.8 Å². The molecule has 0 aliphatic heterocycles. The van der Waals surface area contributed by atoms with Crippen molar-refractivity contribution in [2.75, 3.05) is 6.54 Å². The summed E-state index contributed by atoms with van der Waals surface area (Å²) in [7, 11) is 0. The van der Waals surface area contributed by atoms with Gasteiger partial charge in [-0.1, -0.05) is 27.7 Å². The molecule has 0 radical (unpaired) electrons. The van der Waals surface area contributed by atoms with E-state index in [4.69, 9.17) is 5.73 Å². The number of nitrogens with two attached hydrogens (primary N) is 1. The van der Waals surface area contributed by atoms with E-state index in [0.29, 0.717) is 16.4 Å². The summed E-state index contributed by atoms with van der Waals surface area (Å²) in [5, 5.41) is 4.63. The van der Waals surface area contributed by atoms with Gasteiger partial charge in [0.2, 0.25) is 5.91 Å². The number of amides is 1. The Bertz CT molecular complexity index is 296. The normalized spacial score (nSPS) is 29.4. The van der Waals surface area contributed by atoms with Crippen molar-refractivity contribution in [1.82, 2.24) is 5.32 Å². The number of hydrogen-bond donors (Lipinski definition) is 2. The molecule has 0 aromatic carbocycles. The van der Waals surface area contributed by atoms with E-state index in [-0.39, 0.29) is 5.91 Å². The van der Waals surface area contributed by atoms with E-state index in [0.717, 1.165) is 32.2 Å². The van der Waals surface area contributed by atoms with Gasteiger partial charge >= 0.3 is 0 Å². The fourth-order valence-corrected chi connectivity index (χ4v) is 4.24. The smallest absolute Gasteiger partial charge is 0.237 e. The Morgan fingerprint density at radius 2 is 2.16 bits per heavy atom. The number of hydrogen-bond acceptors (Lipinski definition) is 3. The Labute approximate surface area is 122 Å². The summed E-state index contributed by atoms with van der Waals surface area (Å²) in [6.45, 7) is 9.81. The highest BCUT2D eigenvalue weighted by atomic mass is 32.2. The minimum absolute atomic E-state index is 0.163. The molecule has 3 N–H and O–H groups in total. The van der Waals surface area contributed by atoms with E-state index in [1.54, 1.807) is 0 Å². The Kier molecular flexibility index (Phi) is 6.67. The Morgan fingerprint density at radius 1 is 1.47 bits per heavy atom. The number of rotatable bonds is 7. The van der Waals surface area contributed by atoms with Crippen LogP contribution in [0.15, 0.2) is 0 Å². The molecule has 1 aliphatic carbocycles. The van der Waals surface area contributed by atoms with Crippen LogP contribution in [0.5, 0.6) is 0 Å². The van der Waals surface area contributed by atoms with Crippen LogP contribution in [0.2, 0.25) is 0 Å². The molecular weight excluding hydrogens is 256 g/mol. The maximum absolute atomic E-state index is 11.9. The minimum Gasteiger partial charge on any atom is -0.368 e. The first-order valence-corrected chi connectivity index (χ1v) is 8.56. The number of carbonyl (C=O) groups excluding carboxylic acids is 1. The third kappa shape index (κ3) is 4.67. The fraction of sp³-hybridized carbons (Fsp3) is 0.933. The fourth-order valence-electron chi connectivity index (χ4n) is 2.64. The lowest BCUT2D eigenvalue weighted by molar-refractivity contribution is -0.125. The molecule has 1 aliphatic rings. The largest absolute Gasteiger partial charge is 0.368 e. The Morgan fingerprint density at radius 3 is 2.68 bits per heavy atom. The van der Waals surface area contributed by atoms with Gasteiger partial charge in [0.25, 0.3) is 0 Å². The van der Waals surface area contributed by atoms with Crippen molar-refractivity contribution >= 4 is 17.7 Å². The van der Waals surface area contributed by atoms with Gasteiger partial charge in [-0.25, -0.2) is 0 Å². The van der Waals surface area contributed by atoms with Crippen molar-refractivity contribution in [3.8, 4) is 0 Å². The highest BCUT2D eigenvalue weighted by Crippen LogP contribution is 2.38. The quantitative estimate of drug-likeness (QED) is 0.756. The Balaban J connectivity index is 2.66. The second-order valence-electron chi connectivity index (χ2n) is 6.18. The third-order valence-corrected chi connectivity index (χ3v) is 6.00. The number of thioether (sulfide) groups is 1. The maximum atomic E-state index is 11.9. The van der Waals surface area contributed by atoms with E-state index in [2.05, 4.69) is 33.0 Å². The van der Waals surface area contributed by atoms with Gasteiger partial charge in [-0.05, 0) is 44.6 Å². The summed E-state index contributed by atoms with van der Waals surface area (Å²) in [5.74, 6) is 0.516. The zero-order chi connectivity index (χ0) is 14.5. The zero-order valence-corrected chi connectivity index (χ0v) is 13.7. The topological polar surface area (TPSA) is 55.1 Å². The average molecular weight is 286 g/mol. The predicted molar refractivity (Wildman–Crippen MR) is 84.4 cm³/mol. The monoisotopic (exact) mass is 286 g/mol. The van der Waals surface area contributed by atoms with Gasteiger partial charge in [-0.15, -0.1) is 0 Å². The third-order valence-electron chi connectivity index (χ3n) is 4.24. The van der Waals surface area contributed by atoms with Gasteiger partial charge in [0, 0.05) is 10.5 Å². The van der Waals surface area contributed by atoms with E-state index < -0.39 is 5.54 Å². The van der Waals surface area contributed by atoms with Crippen LogP contribution in [0.4, 0.5) is 0 Å².